The van der Waals surface area contributed by atoms with Crippen LogP contribution < -0.4 is 4.90 Å². The molecule has 2 fully saturated rings. The summed E-state index contributed by atoms with van der Waals surface area (Å²) in [6.45, 7) is 0. The van der Waals surface area contributed by atoms with E-state index in [1.54, 1.807) is 42.5 Å². The van der Waals surface area contributed by atoms with Crippen molar-refractivity contribution in [3.8, 4) is 0 Å². The molecule has 9 heteroatoms. The molecule has 6 nitrogen and oxygen atoms in total. The number of halogens is 3. The van der Waals surface area contributed by atoms with Gasteiger partial charge in [-0.2, -0.15) is 18.3 Å². The molecule has 0 radical (unpaired) electrons. The Bertz CT molecular complexity index is 1180. The highest BCUT2D eigenvalue weighted by Crippen LogP contribution is 2.48. The van der Waals surface area contributed by atoms with Crippen molar-refractivity contribution < 1.29 is 27.6 Å². The summed E-state index contributed by atoms with van der Waals surface area (Å²) >= 11 is 0. The minimum atomic E-state index is -4.75. The third kappa shape index (κ3) is 2.88. The van der Waals surface area contributed by atoms with E-state index in [0.29, 0.717) is 10.5 Å². The van der Waals surface area contributed by atoms with E-state index in [0.717, 1.165) is 12.1 Å². The Labute approximate surface area is 180 Å². The first-order chi connectivity index (χ1) is 15.3. The lowest BCUT2D eigenvalue weighted by Gasteiger charge is -2.30. The lowest BCUT2D eigenvalue weighted by atomic mass is 9.86. The van der Waals surface area contributed by atoms with Crippen molar-refractivity contribution in [2.75, 3.05) is 4.90 Å². The number of benzene rings is 2. The predicted octanol–water partition coefficient (Wildman–Crippen LogP) is 3.30. The zero-order valence-corrected chi connectivity index (χ0v) is 16.4. The van der Waals surface area contributed by atoms with Gasteiger partial charge in [-0.3, -0.25) is 19.4 Å². The van der Waals surface area contributed by atoms with Crippen LogP contribution in [0.25, 0.3) is 0 Å². The number of amides is 2. The van der Waals surface area contributed by atoms with E-state index in [1.165, 1.54) is 23.4 Å². The standard InChI is InChI=1S/C23H16F3N3O3/c24-23(25,26)14-9-4-5-10-15(14)28-21(31)17-16-11-6-12-27-29(16)19(18(17)22(28)32)20(30)13-7-2-1-3-8-13/h1-12,16-19H/t16-,17+,18+,19-/m0/s1. The molecule has 0 bridgehead atoms. The van der Waals surface area contributed by atoms with Gasteiger partial charge in [-0.05, 0) is 18.2 Å². The van der Waals surface area contributed by atoms with E-state index in [2.05, 4.69) is 5.10 Å². The van der Waals surface area contributed by atoms with Crippen LogP contribution in [0.4, 0.5) is 18.9 Å². The minimum Gasteiger partial charge on any atom is -0.292 e. The Balaban J connectivity index is 1.61. The van der Waals surface area contributed by atoms with Crippen molar-refractivity contribution in [3.63, 3.8) is 0 Å². The van der Waals surface area contributed by atoms with Crippen LogP contribution in [0.5, 0.6) is 0 Å². The van der Waals surface area contributed by atoms with E-state index in [1.807, 2.05) is 0 Å². The number of fused-ring (bicyclic) bond motifs is 3. The first-order valence-electron chi connectivity index (χ1n) is 9.93. The van der Waals surface area contributed by atoms with Crippen molar-refractivity contribution >= 4 is 29.5 Å². The smallest absolute Gasteiger partial charge is 0.292 e. The number of allylic oxidation sites excluding steroid dienone is 1. The van der Waals surface area contributed by atoms with Crippen LogP contribution in [0.3, 0.4) is 0 Å². The number of anilines is 1. The Morgan fingerprint density at radius 2 is 1.56 bits per heavy atom. The number of rotatable bonds is 3. The predicted molar refractivity (Wildman–Crippen MR) is 109 cm³/mol. The van der Waals surface area contributed by atoms with Gasteiger partial charge in [0.2, 0.25) is 11.8 Å². The molecular weight excluding hydrogens is 423 g/mol. The van der Waals surface area contributed by atoms with Gasteiger partial charge in [-0.15, -0.1) is 0 Å². The lowest BCUT2D eigenvalue weighted by Crippen LogP contribution is -2.46. The molecule has 3 heterocycles. The molecule has 0 aromatic heterocycles. The van der Waals surface area contributed by atoms with E-state index in [9.17, 15) is 27.6 Å². The second-order valence-corrected chi connectivity index (χ2v) is 7.77. The SMILES string of the molecule is O=C(c1ccccc1)[C@@H]1[C@@H]2C(=O)N(c3ccccc3C(F)(F)F)C(=O)[C@@H]2[C@@H]2C=CC=NN12. The van der Waals surface area contributed by atoms with Gasteiger partial charge >= 0.3 is 6.18 Å². The number of para-hydroxylation sites is 1. The highest BCUT2D eigenvalue weighted by molar-refractivity contribution is 6.25. The molecule has 3 aliphatic heterocycles. The molecular formula is C23H16F3N3O3. The van der Waals surface area contributed by atoms with Gasteiger partial charge < -0.3 is 0 Å². The van der Waals surface area contributed by atoms with Gasteiger partial charge in [0.05, 0.1) is 29.1 Å². The molecule has 0 unspecified atom stereocenters. The number of carbonyl (C=O) groups excluding carboxylic acids is 3. The summed E-state index contributed by atoms with van der Waals surface area (Å²) in [7, 11) is 0. The van der Waals surface area contributed by atoms with E-state index >= 15 is 0 Å². The van der Waals surface area contributed by atoms with Gasteiger partial charge in [-0.1, -0.05) is 48.5 Å². The first-order valence-corrected chi connectivity index (χ1v) is 9.93. The lowest BCUT2D eigenvalue weighted by molar-refractivity contribution is -0.137. The number of Topliss-reactive ketones (excluding diaryl/α,β-unsaturated/α-hetero) is 1. The van der Waals surface area contributed by atoms with E-state index < -0.39 is 58.9 Å². The largest absolute Gasteiger partial charge is 0.418 e. The third-order valence-corrected chi connectivity index (χ3v) is 6.07. The number of hydrogen-bond donors (Lipinski definition) is 0. The molecule has 2 aromatic carbocycles. The Morgan fingerprint density at radius 1 is 0.906 bits per heavy atom. The third-order valence-electron chi connectivity index (χ3n) is 6.07. The van der Waals surface area contributed by atoms with Gasteiger partial charge in [-0.25, -0.2) is 4.90 Å². The van der Waals surface area contributed by atoms with Crippen molar-refractivity contribution in [1.82, 2.24) is 5.01 Å². The number of hydrazone groups is 1. The van der Waals surface area contributed by atoms with Crippen LogP contribution in [0.15, 0.2) is 71.9 Å². The Hall–Kier alpha value is -3.75. The molecule has 0 saturated carbocycles. The summed E-state index contributed by atoms with van der Waals surface area (Å²) in [6, 6.07) is 10.9. The molecule has 2 aromatic rings. The van der Waals surface area contributed by atoms with Crippen LogP contribution in [0, 0.1) is 11.8 Å². The highest BCUT2D eigenvalue weighted by atomic mass is 19.4. The van der Waals surface area contributed by atoms with Crippen LogP contribution in [-0.2, 0) is 15.8 Å². The summed E-state index contributed by atoms with van der Waals surface area (Å²) in [5.41, 5.74) is -1.28. The number of hydrogen-bond acceptors (Lipinski definition) is 5. The summed E-state index contributed by atoms with van der Waals surface area (Å²) in [5.74, 6) is -4.18. The van der Waals surface area contributed by atoms with E-state index in [-0.39, 0.29) is 0 Å². The fraction of sp³-hybridized carbons (Fsp3) is 0.217. The maximum Gasteiger partial charge on any atom is 0.418 e. The van der Waals surface area contributed by atoms with Crippen molar-refractivity contribution in [2.45, 2.75) is 18.3 Å². The number of alkyl halides is 3. The summed E-state index contributed by atoms with van der Waals surface area (Å²) in [5, 5.41) is 5.65. The number of ketones is 1. The number of nitrogens with zero attached hydrogens (tertiary/aromatic N) is 3. The van der Waals surface area contributed by atoms with Crippen LogP contribution in [0.2, 0.25) is 0 Å². The Morgan fingerprint density at radius 3 is 2.28 bits per heavy atom. The molecule has 3 aliphatic rings. The second-order valence-electron chi connectivity index (χ2n) is 7.77. The minimum absolute atomic E-state index is 0.330. The average molecular weight is 439 g/mol. The fourth-order valence-corrected chi connectivity index (χ4v) is 4.76. The van der Waals surface area contributed by atoms with Gasteiger partial charge in [0, 0.05) is 11.8 Å². The zero-order chi connectivity index (χ0) is 22.6. The number of carbonyl (C=O) groups is 3. The highest BCUT2D eigenvalue weighted by Gasteiger charge is 2.64. The van der Waals surface area contributed by atoms with Crippen molar-refractivity contribution in [3.05, 3.63) is 77.9 Å². The molecule has 0 spiro atoms. The quantitative estimate of drug-likeness (QED) is 0.544. The van der Waals surface area contributed by atoms with Crippen molar-refractivity contribution in [1.29, 1.82) is 0 Å². The second kappa shape index (κ2) is 7.15. The van der Waals surface area contributed by atoms with Crippen LogP contribution >= 0.6 is 0 Å². The fourth-order valence-electron chi connectivity index (χ4n) is 4.76. The van der Waals surface area contributed by atoms with Gasteiger partial charge in [0.1, 0.15) is 6.04 Å². The maximum atomic E-state index is 13.6. The van der Waals surface area contributed by atoms with E-state index in [4.69, 9.17) is 0 Å². The molecule has 0 aliphatic carbocycles. The summed E-state index contributed by atoms with van der Waals surface area (Å²) in [6.07, 6.45) is -0.0609. The molecule has 162 valence electrons. The van der Waals surface area contributed by atoms with Crippen LogP contribution in [0.1, 0.15) is 15.9 Å². The monoisotopic (exact) mass is 439 g/mol. The van der Waals surface area contributed by atoms with Crippen LogP contribution in [-0.4, -0.2) is 40.9 Å². The summed E-state index contributed by atoms with van der Waals surface area (Å²) < 4.78 is 40.8. The maximum absolute atomic E-state index is 13.6. The molecule has 32 heavy (non-hydrogen) atoms. The normalized spacial score (nSPS) is 26.5. The Kier molecular flexibility index (Phi) is 4.51. The van der Waals surface area contributed by atoms with Gasteiger partial charge in [0.15, 0.2) is 5.78 Å². The summed E-state index contributed by atoms with van der Waals surface area (Å²) in [4.78, 5) is 40.8. The zero-order valence-electron chi connectivity index (χ0n) is 16.4. The topological polar surface area (TPSA) is 70.0 Å². The molecule has 0 N–H and O–H groups in total. The molecule has 2 saturated heterocycles. The molecule has 4 atom stereocenters. The number of imide groups is 1. The average Bonchev–Trinajstić information content (AvgIpc) is 3.26. The molecule has 2 amide bonds. The van der Waals surface area contributed by atoms with Gasteiger partial charge in [0.25, 0.3) is 0 Å². The molecule has 5 rings (SSSR count). The van der Waals surface area contributed by atoms with Crippen molar-refractivity contribution in [2.24, 2.45) is 16.9 Å². The first kappa shape index (κ1) is 20.2.